The van der Waals surface area contributed by atoms with E-state index in [1.807, 2.05) is 0 Å². The fraction of sp³-hybridized carbons (Fsp3) is 0.800. The molecule has 2 heteroatoms. The zero-order valence-electron chi connectivity index (χ0n) is 8.21. The van der Waals surface area contributed by atoms with Gasteiger partial charge in [-0.25, -0.2) is 0 Å². The maximum absolute atomic E-state index is 2.40. The second-order valence-corrected chi connectivity index (χ2v) is 4.42. The van der Waals surface area contributed by atoms with Gasteiger partial charge >= 0.3 is 0 Å². The van der Waals surface area contributed by atoms with Crippen molar-refractivity contribution in [2.45, 2.75) is 40.0 Å². The van der Waals surface area contributed by atoms with Gasteiger partial charge in [0.25, 0.3) is 0 Å². The zero-order valence-corrected chi connectivity index (χ0v) is 9.15. The maximum Gasteiger partial charge on any atom is 0 e. The van der Waals surface area contributed by atoms with Gasteiger partial charge in [0, 0.05) is 27.2 Å². The second kappa shape index (κ2) is 3.66. The summed E-state index contributed by atoms with van der Waals surface area (Å²) in [5, 5.41) is 0. The normalized spacial score (nSPS) is 29.8. The third-order valence-corrected chi connectivity index (χ3v) is 3.63. The molecule has 3 rings (SSSR count). The third kappa shape index (κ3) is 1.43. The molecule has 12 heavy (non-hydrogen) atoms. The van der Waals surface area contributed by atoms with Crippen molar-refractivity contribution in [1.29, 1.82) is 0 Å². The van der Waals surface area contributed by atoms with E-state index in [-0.39, 0.29) is 27.2 Å². The predicted molar refractivity (Wildman–Crippen MR) is 49.6 cm³/mol. The molecule has 1 atom stereocenters. The summed E-state index contributed by atoms with van der Waals surface area (Å²) < 4.78 is 0. The van der Waals surface area contributed by atoms with Crippen molar-refractivity contribution in [2.24, 2.45) is 11.3 Å². The van der Waals surface area contributed by atoms with Gasteiger partial charge in [0.1, 0.15) is 0 Å². The summed E-state index contributed by atoms with van der Waals surface area (Å²) in [5.74, 6) is 1.02. The predicted octanol–water partition coefficient (Wildman–Crippen LogP) is 2.76. The molecule has 0 aromatic rings. The topological polar surface area (TPSA) is 0 Å². The van der Waals surface area contributed by atoms with E-state index in [1.165, 1.54) is 19.3 Å². The van der Waals surface area contributed by atoms with E-state index in [9.17, 15) is 0 Å². The first-order valence-electron chi connectivity index (χ1n) is 4.31. The van der Waals surface area contributed by atoms with E-state index in [0.717, 1.165) is 5.92 Å². The summed E-state index contributed by atoms with van der Waals surface area (Å²) in [5.41, 5.74) is 4.04. The van der Waals surface area contributed by atoms with Crippen molar-refractivity contribution < 1.29 is 17.1 Å². The van der Waals surface area contributed by atoms with Crippen LogP contribution in [-0.2, 0) is 17.1 Å². The second-order valence-electron chi connectivity index (χ2n) is 4.42. The summed E-state index contributed by atoms with van der Waals surface area (Å²) in [7, 11) is 0. The Labute approximate surface area is 89.9 Å². The number of allylic oxidation sites excluding steroid dienone is 2. The van der Waals surface area contributed by atoms with Gasteiger partial charge in [0.05, 0.1) is 0 Å². The van der Waals surface area contributed by atoms with Gasteiger partial charge in [-0.1, -0.05) is 25.0 Å². The molecule has 3 aliphatic rings. The van der Waals surface area contributed by atoms with Gasteiger partial charge in [0.15, 0.2) is 0 Å². The van der Waals surface area contributed by atoms with Crippen LogP contribution in [-0.4, -0.2) is 10.1 Å². The molecule has 3 aliphatic carbocycles. The first-order chi connectivity index (χ1) is 4.62. The van der Waals surface area contributed by atoms with Crippen LogP contribution >= 0.6 is 0 Å². The van der Waals surface area contributed by atoms with E-state index in [2.05, 4.69) is 20.8 Å². The van der Waals surface area contributed by atoms with Crippen molar-refractivity contribution in [1.82, 2.24) is 0 Å². The van der Waals surface area contributed by atoms with Gasteiger partial charge in [0.2, 0.25) is 0 Å². The molecular weight excluding hydrogens is 193 g/mol. The van der Waals surface area contributed by atoms with Crippen molar-refractivity contribution in [2.75, 3.05) is 0 Å². The van der Waals surface area contributed by atoms with Crippen LogP contribution in [0.1, 0.15) is 40.0 Å². The van der Waals surface area contributed by atoms with E-state index >= 15 is 0 Å². The van der Waals surface area contributed by atoms with Crippen LogP contribution in [0.2, 0.25) is 0 Å². The molecule has 0 nitrogen and oxygen atoms in total. The third-order valence-electron chi connectivity index (χ3n) is 3.63. The van der Waals surface area contributed by atoms with Crippen LogP contribution in [0, 0.1) is 11.3 Å². The summed E-state index contributed by atoms with van der Waals surface area (Å²) in [6.45, 7) is 7.12. The number of fused-ring (bicyclic) bond motifs is 2. The Morgan fingerprint density at radius 3 is 2.17 bits per heavy atom. The van der Waals surface area contributed by atoms with Gasteiger partial charge < -0.3 is 0 Å². The van der Waals surface area contributed by atoms with Gasteiger partial charge in [-0.2, -0.15) is 0 Å². The van der Waals surface area contributed by atoms with Crippen molar-refractivity contribution >= 4 is 10.1 Å². The maximum atomic E-state index is 2.40. The molecular formula is C10H16BeCu. The Hall–Kier alpha value is 0.428. The summed E-state index contributed by atoms with van der Waals surface area (Å²) in [6.07, 6.45) is 4.24. The fourth-order valence-corrected chi connectivity index (χ4v) is 2.61. The Kier molecular flexibility index (Phi) is 3.79. The number of hydrogen-bond donors (Lipinski definition) is 0. The Balaban J connectivity index is 0.000000605. The van der Waals surface area contributed by atoms with Crippen LogP contribution in [0.25, 0.3) is 0 Å². The molecule has 0 aliphatic heterocycles. The SMILES string of the molecule is CC1=C2CC(CC1)C2(C)C.[Be].[Cu]. The molecule has 1 unspecified atom stereocenters. The summed E-state index contributed by atoms with van der Waals surface area (Å²) in [4.78, 5) is 0. The largest absolute Gasteiger partial charge is 0.0735 e. The molecule has 0 spiro atoms. The monoisotopic (exact) mass is 208 g/mol. The molecule has 2 bridgehead atoms. The van der Waals surface area contributed by atoms with Crippen molar-refractivity contribution in [3.05, 3.63) is 11.1 Å². The van der Waals surface area contributed by atoms with Crippen molar-refractivity contribution in [3.63, 3.8) is 0 Å². The smallest absolute Gasteiger partial charge is 0 e. The molecule has 0 N–H and O–H groups in total. The minimum atomic E-state index is 0. The minimum absolute atomic E-state index is 0. The molecule has 1 saturated carbocycles. The molecule has 3 radical (unpaired) electrons. The molecule has 69 valence electrons. The fourth-order valence-electron chi connectivity index (χ4n) is 2.61. The van der Waals surface area contributed by atoms with E-state index in [4.69, 9.17) is 0 Å². The Morgan fingerprint density at radius 1 is 1.33 bits per heavy atom. The minimum Gasteiger partial charge on any atom is -0.0735 e. The molecule has 0 saturated heterocycles. The van der Waals surface area contributed by atoms with Crippen LogP contribution in [0.5, 0.6) is 0 Å². The average molecular weight is 209 g/mol. The Morgan fingerprint density at radius 2 is 1.92 bits per heavy atom. The standard InChI is InChI=1S/C10H16.Be.Cu/c1-7-4-5-8-6-9(7)10(8,2)3;;/h8H,4-6H2,1-3H3;;. The van der Waals surface area contributed by atoms with Gasteiger partial charge in [-0.05, 0) is 37.5 Å². The van der Waals surface area contributed by atoms with Crippen LogP contribution < -0.4 is 0 Å². The van der Waals surface area contributed by atoms with Gasteiger partial charge in [-0.15, -0.1) is 0 Å². The number of rotatable bonds is 0. The van der Waals surface area contributed by atoms with E-state index < -0.39 is 0 Å². The van der Waals surface area contributed by atoms with E-state index in [1.54, 1.807) is 11.1 Å². The van der Waals surface area contributed by atoms with Crippen LogP contribution in [0.3, 0.4) is 0 Å². The molecule has 0 aromatic heterocycles. The first-order valence-corrected chi connectivity index (χ1v) is 4.31. The van der Waals surface area contributed by atoms with Crippen LogP contribution in [0.15, 0.2) is 11.1 Å². The zero-order chi connectivity index (χ0) is 7.35. The molecule has 0 amide bonds. The van der Waals surface area contributed by atoms with Crippen molar-refractivity contribution in [3.8, 4) is 0 Å². The van der Waals surface area contributed by atoms with Crippen LogP contribution in [0.4, 0.5) is 0 Å². The number of hydrogen-bond acceptors (Lipinski definition) is 0. The molecule has 0 aromatic carbocycles. The average Bonchev–Trinajstić information content (AvgIpc) is 1.87. The quantitative estimate of drug-likeness (QED) is 0.424. The molecule has 1 fully saturated rings. The first kappa shape index (κ1) is 12.4. The van der Waals surface area contributed by atoms with E-state index in [0.29, 0.717) is 5.41 Å². The summed E-state index contributed by atoms with van der Waals surface area (Å²) >= 11 is 0. The molecule has 0 heterocycles. The van der Waals surface area contributed by atoms with Gasteiger partial charge in [-0.3, -0.25) is 0 Å². The Bertz CT molecular complexity index is 206. The summed E-state index contributed by atoms with van der Waals surface area (Å²) in [6, 6.07) is 0.